The monoisotopic (exact) mass is 229 g/mol. The van der Waals surface area contributed by atoms with Crippen LogP contribution >= 0.6 is 0 Å². The molecule has 17 heavy (non-hydrogen) atoms. The number of benzene rings is 1. The van der Waals surface area contributed by atoms with Crippen LogP contribution in [0.15, 0.2) is 30.3 Å². The fourth-order valence-corrected chi connectivity index (χ4v) is 2.27. The van der Waals surface area contributed by atoms with Crippen LogP contribution in [0.2, 0.25) is 0 Å². The van der Waals surface area contributed by atoms with Crippen molar-refractivity contribution in [1.82, 2.24) is 10.2 Å². The Bertz CT molecular complexity index is 361. The van der Waals surface area contributed by atoms with E-state index >= 15 is 0 Å². The number of rotatable bonds is 3. The zero-order valence-electron chi connectivity index (χ0n) is 10.1. The van der Waals surface area contributed by atoms with Crippen molar-refractivity contribution in [2.24, 2.45) is 0 Å². The molecule has 1 N–H and O–H groups in total. The van der Waals surface area contributed by atoms with E-state index in [1.54, 1.807) is 0 Å². The third-order valence-electron chi connectivity index (χ3n) is 3.24. The SMILES string of the molecule is N#CC(Cc1ccccc1)N1CCCNCC1. The topological polar surface area (TPSA) is 39.1 Å². The van der Waals surface area contributed by atoms with Crippen LogP contribution in [0.5, 0.6) is 0 Å². The molecular formula is C14H19N3. The molecule has 1 atom stereocenters. The highest BCUT2D eigenvalue weighted by atomic mass is 15.2. The average Bonchev–Trinajstić information content (AvgIpc) is 2.66. The highest BCUT2D eigenvalue weighted by Crippen LogP contribution is 2.09. The van der Waals surface area contributed by atoms with E-state index in [9.17, 15) is 5.26 Å². The van der Waals surface area contributed by atoms with Gasteiger partial charge in [-0.25, -0.2) is 0 Å². The van der Waals surface area contributed by atoms with Crippen LogP contribution in [-0.4, -0.2) is 37.1 Å². The van der Waals surface area contributed by atoms with E-state index in [1.165, 1.54) is 5.56 Å². The summed E-state index contributed by atoms with van der Waals surface area (Å²) >= 11 is 0. The van der Waals surface area contributed by atoms with Gasteiger partial charge in [-0.15, -0.1) is 0 Å². The van der Waals surface area contributed by atoms with Gasteiger partial charge in [0.2, 0.25) is 0 Å². The first-order valence-corrected chi connectivity index (χ1v) is 6.28. The van der Waals surface area contributed by atoms with Gasteiger partial charge in [0.15, 0.2) is 0 Å². The molecule has 1 aliphatic heterocycles. The first-order valence-electron chi connectivity index (χ1n) is 6.28. The molecule has 90 valence electrons. The van der Waals surface area contributed by atoms with E-state index in [4.69, 9.17) is 0 Å². The fraction of sp³-hybridized carbons (Fsp3) is 0.500. The lowest BCUT2D eigenvalue weighted by molar-refractivity contribution is 0.248. The third-order valence-corrected chi connectivity index (χ3v) is 3.24. The van der Waals surface area contributed by atoms with Crippen LogP contribution in [0, 0.1) is 11.3 Å². The number of nitrogens with one attached hydrogen (secondary N) is 1. The van der Waals surface area contributed by atoms with Crippen LogP contribution in [0.3, 0.4) is 0 Å². The summed E-state index contributed by atoms with van der Waals surface area (Å²) in [6.45, 7) is 4.07. The zero-order chi connectivity index (χ0) is 11.9. The van der Waals surface area contributed by atoms with Gasteiger partial charge in [0.25, 0.3) is 0 Å². The maximum absolute atomic E-state index is 9.32. The minimum atomic E-state index is 0.0114. The molecule has 1 fully saturated rings. The summed E-state index contributed by atoms with van der Waals surface area (Å²) in [5, 5.41) is 12.7. The van der Waals surface area contributed by atoms with Crippen molar-refractivity contribution < 1.29 is 0 Å². The Balaban J connectivity index is 1.98. The molecule has 1 aromatic carbocycles. The van der Waals surface area contributed by atoms with E-state index in [2.05, 4.69) is 28.4 Å². The van der Waals surface area contributed by atoms with Crippen molar-refractivity contribution in [2.45, 2.75) is 18.9 Å². The van der Waals surface area contributed by atoms with Crippen LogP contribution in [-0.2, 0) is 6.42 Å². The summed E-state index contributed by atoms with van der Waals surface area (Å²) < 4.78 is 0. The zero-order valence-corrected chi connectivity index (χ0v) is 10.1. The van der Waals surface area contributed by atoms with Crippen LogP contribution in [0.25, 0.3) is 0 Å². The van der Waals surface area contributed by atoms with E-state index in [1.807, 2.05) is 18.2 Å². The molecule has 1 aromatic rings. The lowest BCUT2D eigenvalue weighted by Gasteiger charge is -2.25. The molecule has 2 rings (SSSR count). The molecular weight excluding hydrogens is 210 g/mol. The number of hydrogen-bond acceptors (Lipinski definition) is 3. The van der Waals surface area contributed by atoms with E-state index in [-0.39, 0.29) is 6.04 Å². The number of nitriles is 1. The molecule has 0 aliphatic carbocycles. The second-order valence-electron chi connectivity index (χ2n) is 4.47. The maximum atomic E-state index is 9.32. The number of nitrogens with zero attached hydrogens (tertiary/aromatic N) is 2. The summed E-state index contributed by atoms with van der Waals surface area (Å²) in [6.07, 6.45) is 1.96. The molecule has 0 amide bonds. The molecule has 1 unspecified atom stereocenters. The molecule has 0 saturated carbocycles. The van der Waals surface area contributed by atoms with Crippen molar-refractivity contribution in [3.05, 3.63) is 35.9 Å². The molecule has 0 aromatic heterocycles. The summed E-state index contributed by atoms with van der Waals surface area (Å²) in [7, 11) is 0. The molecule has 0 radical (unpaired) electrons. The van der Waals surface area contributed by atoms with Crippen LogP contribution in [0.1, 0.15) is 12.0 Å². The van der Waals surface area contributed by atoms with Crippen molar-refractivity contribution in [3.63, 3.8) is 0 Å². The quantitative estimate of drug-likeness (QED) is 0.852. The molecule has 1 aliphatic rings. The normalized spacial score (nSPS) is 19.2. The van der Waals surface area contributed by atoms with Crippen molar-refractivity contribution in [2.75, 3.05) is 26.2 Å². The second-order valence-corrected chi connectivity index (χ2v) is 4.47. The van der Waals surface area contributed by atoms with E-state index in [0.717, 1.165) is 39.0 Å². The van der Waals surface area contributed by atoms with Gasteiger partial charge < -0.3 is 5.32 Å². The highest BCUT2D eigenvalue weighted by molar-refractivity contribution is 5.18. The molecule has 3 heteroatoms. The van der Waals surface area contributed by atoms with Gasteiger partial charge in [-0.05, 0) is 18.5 Å². The van der Waals surface area contributed by atoms with Gasteiger partial charge in [0, 0.05) is 26.1 Å². The first-order chi connectivity index (χ1) is 8.40. The molecule has 0 bridgehead atoms. The Morgan fingerprint density at radius 1 is 1.24 bits per heavy atom. The summed E-state index contributed by atoms with van der Waals surface area (Å²) in [6, 6.07) is 12.7. The van der Waals surface area contributed by atoms with E-state index < -0.39 is 0 Å². The Labute approximate surface area is 103 Å². The lowest BCUT2D eigenvalue weighted by Crippen LogP contribution is -2.38. The smallest absolute Gasteiger partial charge is 0.102 e. The number of hydrogen-bond donors (Lipinski definition) is 1. The van der Waals surface area contributed by atoms with Crippen molar-refractivity contribution >= 4 is 0 Å². The Morgan fingerprint density at radius 3 is 2.82 bits per heavy atom. The van der Waals surface area contributed by atoms with Gasteiger partial charge in [-0.2, -0.15) is 5.26 Å². The maximum Gasteiger partial charge on any atom is 0.102 e. The van der Waals surface area contributed by atoms with Crippen molar-refractivity contribution in [1.29, 1.82) is 5.26 Å². The Kier molecular flexibility index (Phi) is 4.54. The van der Waals surface area contributed by atoms with Gasteiger partial charge in [0.05, 0.1) is 6.07 Å². The second kappa shape index (κ2) is 6.39. The highest BCUT2D eigenvalue weighted by Gasteiger charge is 2.19. The van der Waals surface area contributed by atoms with Crippen LogP contribution in [0.4, 0.5) is 0 Å². The molecule has 1 heterocycles. The van der Waals surface area contributed by atoms with Gasteiger partial charge in [-0.3, -0.25) is 4.90 Å². The van der Waals surface area contributed by atoms with Gasteiger partial charge in [0.1, 0.15) is 6.04 Å². The van der Waals surface area contributed by atoms with E-state index in [0.29, 0.717) is 0 Å². The molecule has 3 nitrogen and oxygen atoms in total. The predicted molar refractivity (Wildman–Crippen MR) is 68.6 cm³/mol. The molecule has 0 spiro atoms. The fourth-order valence-electron chi connectivity index (χ4n) is 2.27. The summed E-state index contributed by atoms with van der Waals surface area (Å²) in [4.78, 5) is 2.30. The minimum absolute atomic E-state index is 0.0114. The lowest BCUT2D eigenvalue weighted by atomic mass is 10.1. The third kappa shape index (κ3) is 3.55. The first kappa shape index (κ1) is 12.1. The van der Waals surface area contributed by atoms with Gasteiger partial charge >= 0.3 is 0 Å². The molecule has 1 saturated heterocycles. The average molecular weight is 229 g/mol. The Hall–Kier alpha value is -1.37. The largest absolute Gasteiger partial charge is 0.315 e. The predicted octanol–water partition coefficient (Wildman–Crippen LogP) is 1.42. The Morgan fingerprint density at radius 2 is 2.06 bits per heavy atom. The standard InChI is InChI=1S/C14H19N3/c15-12-14(11-13-5-2-1-3-6-13)17-9-4-7-16-8-10-17/h1-3,5-6,14,16H,4,7-11H2. The van der Waals surface area contributed by atoms with Crippen LogP contribution < -0.4 is 5.32 Å². The summed E-state index contributed by atoms with van der Waals surface area (Å²) in [5.41, 5.74) is 1.25. The van der Waals surface area contributed by atoms with Gasteiger partial charge in [-0.1, -0.05) is 30.3 Å². The minimum Gasteiger partial charge on any atom is -0.315 e. The summed E-state index contributed by atoms with van der Waals surface area (Å²) in [5.74, 6) is 0. The van der Waals surface area contributed by atoms with Crippen molar-refractivity contribution in [3.8, 4) is 6.07 Å².